The summed E-state index contributed by atoms with van der Waals surface area (Å²) in [6, 6.07) is 3.43. The Morgan fingerprint density at radius 3 is 2.59 bits per heavy atom. The first-order valence-corrected chi connectivity index (χ1v) is 5.03. The summed E-state index contributed by atoms with van der Waals surface area (Å²) < 4.78 is 51.9. The lowest BCUT2D eigenvalue weighted by atomic mass is 10.3. The van der Waals surface area contributed by atoms with E-state index in [1.165, 1.54) is 12.1 Å². The van der Waals surface area contributed by atoms with Gasteiger partial charge in [0.25, 0.3) is 0 Å². The molecule has 0 aliphatic heterocycles. The van der Waals surface area contributed by atoms with Crippen molar-refractivity contribution in [3.8, 4) is 0 Å². The van der Waals surface area contributed by atoms with Gasteiger partial charge in [0.2, 0.25) is 0 Å². The molecule has 94 valence electrons. The zero-order valence-electron chi connectivity index (χ0n) is 8.15. The third-order valence-corrected chi connectivity index (χ3v) is 2.14. The lowest BCUT2D eigenvalue weighted by Crippen LogP contribution is -2.23. The maximum Gasteiger partial charge on any atom is 0.422 e. The molecular formula is C9H6BrF4NO2. The minimum Gasteiger partial charge on any atom is -0.440 e. The number of alkyl halides is 3. The maximum absolute atomic E-state index is 12.8. The van der Waals surface area contributed by atoms with Crippen LogP contribution >= 0.6 is 15.9 Å². The van der Waals surface area contributed by atoms with E-state index < -0.39 is 24.7 Å². The van der Waals surface area contributed by atoms with Crippen LogP contribution in [0.1, 0.15) is 0 Å². The van der Waals surface area contributed by atoms with Crippen molar-refractivity contribution in [2.45, 2.75) is 6.18 Å². The molecule has 0 saturated carbocycles. The molecule has 3 nitrogen and oxygen atoms in total. The Kier molecular flexibility index (Phi) is 4.33. The van der Waals surface area contributed by atoms with Crippen molar-refractivity contribution >= 4 is 27.7 Å². The fourth-order valence-electron chi connectivity index (χ4n) is 0.875. The zero-order chi connectivity index (χ0) is 13.1. The van der Waals surface area contributed by atoms with E-state index in [0.29, 0.717) is 0 Å². The van der Waals surface area contributed by atoms with Crippen LogP contribution in [-0.2, 0) is 4.74 Å². The normalized spacial score (nSPS) is 11.1. The second-order valence-corrected chi connectivity index (χ2v) is 3.80. The van der Waals surface area contributed by atoms with Crippen molar-refractivity contribution in [3.63, 3.8) is 0 Å². The number of hydrogen-bond acceptors (Lipinski definition) is 2. The molecule has 1 amide bonds. The van der Waals surface area contributed by atoms with E-state index in [-0.39, 0.29) is 10.2 Å². The van der Waals surface area contributed by atoms with Gasteiger partial charge in [0.05, 0.1) is 4.47 Å². The fourth-order valence-corrected chi connectivity index (χ4v) is 1.25. The predicted octanol–water partition coefficient (Wildman–Crippen LogP) is 3.70. The summed E-state index contributed by atoms with van der Waals surface area (Å²) in [6.07, 6.45) is -5.85. The minimum atomic E-state index is -4.58. The van der Waals surface area contributed by atoms with Gasteiger partial charge < -0.3 is 4.74 Å². The Bertz CT molecular complexity index is 422. The van der Waals surface area contributed by atoms with Crippen LogP contribution in [0.2, 0.25) is 0 Å². The number of anilines is 1. The molecule has 0 aliphatic rings. The molecule has 0 aliphatic carbocycles. The van der Waals surface area contributed by atoms with Gasteiger partial charge in [-0.3, -0.25) is 5.32 Å². The van der Waals surface area contributed by atoms with E-state index in [1.54, 1.807) is 0 Å². The van der Waals surface area contributed by atoms with E-state index in [9.17, 15) is 22.4 Å². The van der Waals surface area contributed by atoms with Crippen molar-refractivity contribution in [1.82, 2.24) is 0 Å². The number of nitrogens with one attached hydrogen (secondary N) is 1. The van der Waals surface area contributed by atoms with Crippen LogP contribution in [-0.4, -0.2) is 18.9 Å². The number of carbonyl (C=O) groups excluding carboxylic acids is 1. The summed E-state index contributed by atoms with van der Waals surface area (Å²) in [5, 5.41) is 2.02. The number of rotatable bonds is 2. The van der Waals surface area contributed by atoms with Gasteiger partial charge in [-0.05, 0) is 34.1 Å². The number of benzene rings is 1. The summed E-state index contributed by atoms with van der Waals surface area (Å²) in [6.45, 7) is -1.68. The first-order chi connectivity index (χ1) is 7.78. The van der Waals surface area contributed by atoms with E-state index in [4.69, 9.17) is 0 Å². The van der Waals surface area contributed by atoms with Crippen LogP contribution in [0.4, 0.5) is 28.0 Å². The third kappa shape index (κ3) is 5.03. The molecule has 17 heavy (non-hydrogen) atoms. The van der Waals surface area contributed by atoms with E-state index in [2.05, 4.69) is 20.7 Å². The van der Waals surface area contributed by atoms with E-state index in [1.807, 2.05) is 5.32 Å². The highest BCUT2D eigenvalue weighted by Crippen LogP contribution is 2.20. The maximum atomic E-state index is 12.8. The summed E-state index contributed by atoms with van der Waals surface area (Å²) in [4.78, 5) is 10.9. The lowest BCUT2D eigenvalue weighted by molar-refractivity contribution is -0.159. The molecule has 0 fully saturated rings. The molecule has 1 rings (SSSR count). The summed E-state index contributed by atoms with van der Waals surface area (Å²) in [7, 11) is 0. The van der Waals surface area contributed by atoms with Crippen LogP contribution in [0.15, 0.2) is 22.7 Å². The molecular weight excluding hydrogens is 310 g/mol. The summed E-state index contributed by atoms with van der Waals surface area (Å²) in [5.74, 6) is -0.556. The SMILES string of the molecule is O=C(Nc1ccc(F)c(Br)c1)OCC(F)(F)F. The number of halogens is 5. The van der Waals surface area contributed by atoms with E-state index in [0.717, 1.165) is 6.07 Å². The van der Waals surface area contributed by atoms with Crippen LogP contribution < -0.4 is 5.32 Å². The molecule has 1 aromatic rings. The molecule has 1 N–H and O–H groups in total. The Labute approximate surface area is 102 Å². The fraction of sp³-hybridized carbons (Fsp3) is 0.222. The molecule has 0 aromatic heterocycles. The highest BCUT2D eigenvalue weighted by Gasteiger charge is 2.29. The van der Waals surface area contributed by atoms with Gasteiger partial charge in [-0.1, -0.05) is 0 Å². The number of ether oxygens (including phenoxy) is 1. The van der Waals surface area contributed by atoms with Crippen molar-refractivity contribution < 1.29 is 27.1 Å². The average Bonchev–Trinajstić information content (AvgIpc) is 2.20. The number of amides is 1. The van der Waals surface area contributed by atoms with Gasteiger partial charge in [-0.2, -0.15) is 13.2 Å². The largest absolute Gasteiger partial charge is 0.440 e. The van der Waals surface area contributed by atoms with Gasteiger partial charge in [-0.25, -0.2) is 9.18 Å². The Morgan fingerprint density at radius 1 is 1.41 bits per heavy atom. The van der Waals surface area contributed by atoms with E-state index >= 15 is 0 Å². The third-order valence-electron chi connectivity index (χ3n) is 1.53. The van der Waals surface area contributed by atoms with Crippen LogP contribution in [0.3, 0.4) is 0 Å². The van der Waals surface area contributed by atoms with Crippen molar-refractivity contribution in [2.24, 2.45) is 0 Å². The molecule has 0 radical (unpaired) electrons. The van der Waals surface area contributed by atoms with Crippen molar-refractivity contribution in [3.05, 3.63) is 28.5 Å². The zero-order valence-corrected chi connectivity index (χ0v) is 9.73. The quantitative estimate of drug-likeness (QED) is 0.845. The molecule has 0 spiro atoms. The highest BCUT2D eigenvalue weighted by molar-refractivity contribution is 9.10. The monoisotopic (exact) mass is 315 g/mol. The molecule has 1 aromatic carbocycles. The molecule has 0 unspecified atom stereocenters. The standard InChI is InChI=1S/C9H6BrF4NO2/c10-6-3-5(1-2-7(6)11)15-8(16)17-4-9(12,13)14/h1-3H,4H2,(H,15,16). The summed E-state index contributed by atoms with van der Waals surface area (Å²) in [5.41, 5.74) is 0.116. The number of hydrogen-bond donors (Lipinski definition) is 1. The molecule has 0 heterocycles. The average molecular weight is 316 g/mol. The molecule has 0 bridgehead atoms. The Morgan fingerprint density at radius 2 is 2.06 bits per heavy atom. The Balaban J connectivity index is 2.54. The first kappa shape index (κ1) is 13.8. The predicted molar refractivity (Wildman–Crippen MR) is 55.1 cm³/mol. The smallest absolute Gasteiger partial charge is 0.422 e. The molecule has 8 heteroatoms. The van der Waals surface area contributed by atoms with Crippen LogP contribution in [0.25, 0.3) is 0 Å². The molecule has 0 atom stereocenters. The Hall–Kier alpha value is -1.31. The minimum absolute atomic E-state index is 0.0751. The van der Waals surface area contributed by atoms with Crippen LogP contribution in [0.5, 0.6) is 0 Å². The van der Waals surface area contributed by atoms with Gasteiger partial charge in [0, 0.05) is 5.69 Å². The van der Waals surface area contributed by atoms with Gasteiger partial charge in [0.1, 0.15) is 5.82 Å². The lowest BCUT2D eigenvalue weighted by Gasteiger charge is -2.09. The summed E-state index contributed by atoms with van der Waals surface area (Å²) >= 11 is 2.86. The number of carbonyl (C=O) groups is 1. The van der Waals surface area contributed by atoms with Gasteiger partial charge in [0.15, 0.2) is 6.61 Å². The second kappa shape index (κ2) is 5.35. The van der Waals surface area contributed by atoms with Crippen molar-refractivity contribution in [1.29, 1.82) is 0 Å². The van der Waals surface area contributed by atoms with Gasteiger partial charge in [-0.15, -0.1) is 0 Å². The topological polar surface area (TPSA) is 38.3 Å². The highest BCUT2D eigenvalue weighted by atomic mass is 79.9. The van der Waals surface area contributed by atoms with Gasteiger partial charge >= 0.3 is 12.3 Å². The second-order valence-electron chi connectivity index (χ2n) is 2.95. The molecule has 0 saturated heterocycles. The van der Waals surface area contributed by atoms with Crippen LogP contribution in [0, 0.1) is 5.82 Å². The van der Waals surface area contributed by atoms with Crippen molar-refractivity contribution in [2.75, 3.05) is 11.9 Å². The first-order valence-electron chi connectivity index (χ1n) is 4.23.